The quantitative estimate of drug-likeness (QED) is 0.761. The van der Waals surface area contributed by atoms with E-state index in [-0.39, 0.29) is 11.5 Å². The van der Waals surface area contributed by atoms with Gasteiger partial charge in [0.25, 0.3) is 0 Å². The van der Waals surface area contributed by atoms with E-state index in [1.807, 2.05) is 12.1 Å². The molecule has 2 heteroatoms. The van der Waals surface area contributed by atoms with E-state index < -0.39 is 0 Å². The van der Waals surface area contributed by atoms with Crippen molar-refractivity contribution in [2.75, 3.05) is 0 Å². The summed E-state index contributed by atoms with van der Waals surface area (Å²) in [6.07, 6.45) is 5.83. The zero-order valence-electron chi connectivity index (χ0n) is 12.6. The summed E-state index contributed by atoms with van der Waals surface area (Å²) in [5.74, 6) is 4.10. The minimum absolute atomic E-state index is 0.0816. The second-order valence-corrected chi connectivity index (χ2v) is 8.25. The molecule has 3 fully saturated rings. The number of fused-ring (bicyclic) bond motifs is 8. The van der Waals surface area contributed by atoms with Gasteiger partial charge in [0.2, 0.25) is 0 Å². The maximum Gasteiger partial charge on any atom is 0.115 e. The molecule has 0 aromatic heterocycles. The van der Waals surface area contributed by atoms with Crippen molar-refractivity contribution in [2.24, 2.45) is 23.2 Å². The summed E-state index contributed by atoms with van der Waals surface area (Å²) >= 11 is 0. The first-order valence-corrected chi connectivity index (χ1v) is 8.60. The predicted octanol–water partition coefficient (Wildman–Crippen LogP) is 3.78. The van der Waals surface area contributed by atoms with Crippen molar-refractivity contribution in [3.63, 3.8) is 0 Å². The van der Waals surface area contributed by atoms with Crippen molar-refractivity contribution in [2.45, 2.75) is 57.0 Å². The van der Waals surface area contributed by atoms with Crippen LogP contribution >= 0.6 is 0 Å². The number of aromatic hydroxyl groups is 1. The summed E-state index contributed by atoms with van der Waals surface area (Å²) in [5, 5.41) is 20.3. The number of aliphatic hydroxyl groups is 1. The number of benzene rings is 1. The first-order chi connectivity index (χ1) is 10.1. The van der Waals surface area contributed by atoms with E-state index in [1.165, 1.54) is 30.4 Å². The van der Waals surface area contributed by atoms with E-state index in [9.17, 15) is 10.2 Å². The average Bonchev–Trinajstić information content (AvgIpc) is 3.20. The van der Waals surface area contributed by atoms with Crippen molar-refractivity contribution >= 4 is 0 Å². The number of hydrogen-bond donors (Lipinski definition) is 2. The van der Waals surface area contributed by atoms with Gasteiger partial charge in [-0.1, -0.05) is 13.0 Å². The largest absolute Gasteiger partial charge is 0.508 e. The van der Waals surface area contributed by atoms with Crippen molar-refractivity contribution in [3.05, 3.63) is 29.3 Å². The lowest BCUT2D eigenvalue weighted by atomic mass is 9.55. The molecule has 7 atom stereocenters. The lowest BCUT2D eigenvalue weighted by Gasteiger charge is -2.50. The number of rotatable bonds is 0. The predicted molar refractivity (Wildman–Crippen MR) is 81.3 cm³/mol. The van der Waals surface area contributed by atoms with Gasteiger partial charge in [-0.05, 0) is 90.4 Å². The highest BCUT2D eigenvalue weighted by Crippen LogP contribution is 2.70. The molecule has 0 amide bonds. The third-order valence-electron chi connectivity index (χ3n) is 7.49. The van der Waals surface area contributed by atoms with Gasteiger partial charge in [-0.2, -0.15) is 0 Å². The minimum Gasteiger partial charge on any atom is -0.508 e. The third-order valence-corrected chi connectivity index (χ3v) is 7.49. The fourth-order valence-electron chi connectivity index (χ4n) is 6.35. The summed E-state index contributed by atoms with van der Waals surface area (Å²) < 4.78 is 0. The minimum atomic E-state index is -0.0816. The summed E-state index contributed by atoms with van der Waals surface area (Å²) in [4.78, 5) is 0. The van der Waals surface area contributed by atoms with E-state index >= 15 is 0 Å². The zero-order chi connectivity index (χ0) is 14.4. The lowest BCUT2D eigenvalue weighted by Crippen LogP contribution is -2.44. The fourth-order valence-corrected chi connectivity index (χ4v) is 6.35. The SMILES string of the molecule is C[C@]12CC[C@@H]3c4ccc(O)cc4[C@H]4C[C@H]4[C@H]3[C@@H]1CC[C@@H]2O. The van der Waals surface area contributed by atoms with Crippen LogP contribution in [0.1, 0.15) is 62.0 Å². The Labute approximate surface area is 126 Å². The van der Waals surface area contributed by atoms with Crippen LogP contribution in [0.3, 0.4) is 0 Å². The Kier molecular flexibility index (Phi) is 2.29. The van der Waals surface area contributed by atoms with E-state index in [1.54, 1.807) is 0 Å². The molecule has 0 spiro atoms. The molecule has 4 aliphatic carbocycles. The van der Waals surface area contributed by atoms with Gasteiger partial charge in [-0.25, -0.2) is 0 Å². The van der Waals surface area contributed by atoms with Crippen LogP contribution in [-0.2, 0) is 0 Å². The van der Waals surface area contributed by atoms with Crippen LogP contribution in [0.15, 0.2) is 18.2 Å². The number of aliphatic hydroxyl groups excluding tert-OH is 1. The van der Waals surface area contributed by atoms with Crippen LogP contribution in [0.5, 0.6) is 5.75 Å². The van der Waals surface area contributed by atoms with E-state index in [0.29, 0.717) is 23.5 Å². The third kappa shape index (κ3) is 1.47. The average molecular weight is 284 g/mol. The Bertz CT molecular complexity index is 610. The zero-order valence-corrected chi connectivity index (χ0v) is 12.6. The molecule has 21 heavy (non-hydrogen) atoms. The maximum absolute atomic E-state index is 10.5. The number of hydrogen-bond acceptors (Lipinski definition) is 2. The molecule has 4 aliphatic rings. The van der Waals surface area contributed by atoms with Crippen LogP contribution in [0.2, 0.25) is 0 Å². The Hall–Kier alpha value is -1.02. The van der Waals surface area contributed by atoms with Crippen LogP contribution in [0, 0.1) is 23.2 Å². The molecule has 1 aromatic carbocycles. The van der Waals surface area contributed by atoms with E-state index in [0.717, 1.165) is 24.7 Å². The summed E-state index contributed by atoms with van der Waals surface area (Å²) in [6.45, 7) is 2.34. The first kappa shape index (κ1) is 12.5. The van der Waals surface area contributed by atoms with E-state index in [2.05, 4.69) is 13.0 Å². The number of phenols is 1. The molecule has 2 N–H and O–H groups in total. The van der Waals surface area contributed by atoms with Crippen molar-refractivity contribution in [3.8, 4) is 5.75 Å². The van der Waals surface area contributed by atoms with Crippen LogP contribution in [0.25, 0.3) is 0 Å². The molecule has 3 saturated carbocycles. The molecule has 0 saturated heterocycles. The first-order valence-electron chi connectivity index (χ1n) is 8.60. The Morgan fingerprint density at radius 2 is 1.95 bits per heavy atom. The van der Waals surface area contributed by atoms with Gasteiger partial charge < -0.3 is 10.2 Å². The Balaban J connectivity index is 1.60. The summed E-state index contributed by atoms with van der Waals surface area (Å²) in [6, 6.07) is 6.08. The molecule has 0 radical (unpaired) electrons. The Morgan fingerprint density at radius 1 is 1.10 bits per heavy atom. The van der Waals surface area contributed by atoms with Gasteiger partial charge in [-0.15, -0.1) is 0 Å². The Morgan fingerprint density at radius 3 is 2.81 bits per heavy atom. The topological polar surface area (TPSA) is 40.5 Å². The standard InChI is InChI=1S/C19H24O2/c1-19-7-6-12-11-3-2-10(20)8-13(11)14-9-15(14)18(12)16(19)4-5-17(19)21/h2-3,8,12,14-18,20-21H,4-7,9H2,1H3/t12-,14-,15-,16+,17+,18+,19+/m1/s1. The second kappa shape index (κ2) is 3.84. The van der Waals surface area contributed by atoms with Crippen molar-refractivity contribution in [1.82, 2.24) is 0 Å². The molecule has 0 heterocycles. The molecular weight excluding hydrogens is 260 g/mol. The highest BCUT2D eigenvalue weighted by molar-refractivity contribution is 5.46. The smallest absolute Gasteiger partial charge is 0.115 e. The van der Waals surface area contributed by atoms with Gasteiger partial charge >= 0.3 is 0 Å². The summed E-state index contributed by atoms with van der Waals surface area (Å²) in [7, 11) is 0. The monoisotopic (exact) mass is 284 g/mol. The molecule has 2 nitrogen and oxygen atoms in total. The number of phenolic OH excluding ortho intramolecular Hbond substituents is 1. The van der Waals surface area contributed by atoms with Crippen LogP contribution in [0.4, 0.5) is 0 Å². The molecular formula is C19H24O2. The van der Waals surface area contributed by atoms with Gasteiger partial charge in [0.1, 0.15) is 5.75 Å². The molecule has 5 rings (SSSR count). The molecule has 0 unspecified atom stereocenters. The van der Waals surface area contributed by atoms with Gasteiger partial charge in [0.15, 0.2) is 0 Å². The van der Waals surface area contributed by atoms with Crippen molar-refractivity contribution in [1.29, 1.82) is 0 Å². The van der Waals surface area contributed by atoms with Crippen molar-refractivity contribution < 1.29 is 10.2 Å². The molecule has 112 valence electrons. The van der Waals surface area contributed by atoms with Crippen LogP contribution in [-0.4, -0.2) is 16.3 Å². The maximum atomic E-state index is 10.5. The molecule has 0 bridgehead atoms. The summed E-state index contributed by atoms with van der Waals surface area (Å²) in [5.41, 5.74) is 3.12. The fraction of sp³-hybridized carbons (Fsp3) is 0.684. The van der Waals surface area contributed by atoms with Gasteiger partial charge in [0.05, 0.1) is 6.10 Å². The molecule has 1 aromatic rings. The van der Waals surface area contributed by atoms with E-state index in [4.69, 9.17) is 0 Å². The molecule has 0 aliphatic heterocycles. The highest BCUT2D eigenvalue weighted by atomic mass is 16.3. The second-order valence-electron chi connectivity index (χ2n) is 8.25. The van der Waals surface area contributed by atoms with Crippen LogP contribution < -0.4 is 0 Å². The van der Waals surface area contributed by atoms with Gasteiger partial charge in [-0.3, -0.25) is 0 Å². The lowest BCUT2D eigenvalue weighted by molar-refractivity contribution is -0.0265. The highest BCUT2D eigenvalue weighted by Gasteiger charge is 2.62. The normalized spacial score (nSPS) is 49.8. The van der Waals surface area contributed by atoms with Gasteiger partial charge in [0, 0.05) is 0 Å².